The molecule has 0 atom stereocenters. The molecule has 6 nitrogen and oxygen atoms in total. The van der Waals surface area contributed by atoms with Crippen molar-refractivity contribution in [3.63, 3.8) is 0 Å². The molecular formula is C16H14ClN3O3S. The number of hydrogen-bond donors (Lipinski definition) is 1. The number of ether oxygens (including phenoxy) is 1. The van der Waals surface area contributed by atoms with E-state index in [2.05, 4.69) is 15.2 Å². The SMILES string of the molecule is COC(=O)c1cc(CSc2n[nH]c(-c3ccc(Cl)cc3)n2)oc1C. The lowest BCUT2D eigenvalue weighted by atomic mass is 10.2. The normalized spacial score (nSPS) is 10.8. The number of rotatable bonds is 5. The Morgan fingerprint density at radius 1 is 1.38 bits per heavy atom. The van der Waals surface area contributed by atoms with E-state index < -0.39 is 5.97 Å². The first kappa shape index (κ1) is 16.6. The Kier molecular flexibility index (Phi) is 4.92. The van der Waals surface area contributed by atoms with Crippen LogP contribution < -0.4 is 0 Å². The molecule has 1 N–H and O–H groups in total. The number of aromatic nitrogens is 3. The molecule has 3 rings (SSSR count). The second kappa shape index (κ2) is 7.11. The van der Waals surface area contributed by atoms with Gasteiger partial charge in [-0.2, -0.15) is 0 Å². The van der Waals surface area contributed by atoms with Gasteiger partial charge in [-0.15, -0.1) is 5.10 Å². The van der Waals surface area contributed by atoms with Gasteiger partial charge in [0.15, 0.2) is 5.82 Å². The van der Waals surface area contributed by atoms with Crippen LogP contribution in [0.2, 0.25) is 5.02 Å². The molecule has 0 aliphatic heterocycles. The molecule has 3 aromatic rings. The highest BCUT2D eigenvalue weighted by Crippen LogP contribution is 2.25. The maximum atomic E-state index is 11.6. The summed E-state index contributed by atoms with van der Waals surface area (Å²) >= 11 is 7.28. The van der Waals surface area contributed by atoms with Gasteiger partial charge in [-0.05, 0) is 37.3 Å². The molecule has 24 heavy (non-hydrogen) atoms. The lowest BCUT2D eigenvalue weighted by Gasteiger charge is -1.95. The van der Waals surface area contributed by atoms with Gasteiger partial charge in [-0.3, -0.25) is 5.10 Å². The maximum absolute atomic E-state index is 11.6. The Hall–Kier alpha value is -2.25. The summed E-state index contributed by atoms with van der Waals surface area (Å²) < 4.78 is 10.3. The van der Waals surface area contributed by atoms with Crippen molar-refractivity contribution < 1.29 is 13.9 Å². The molecule has 1 aromatic carbocycles. The first-order chi connectivity index (χ1) is 11.6. The number of nitrogens with one attached hydrogen (secondary N) is 1. The molecule has 0 radical (unpaired) electrons. The van der Waals surface area contributed by atoms with Crippen LogP contribution in [-0.4, -0.2) is 28.3 Å². The van der Waals surface area contributed by atoms with Crippen LogP contribution in [0.4, 0.5) is 0 Å². The molecule has 0 saturated heterocycles. The molecule has 0 aliphatic rings. The zero-order valence-corrected chi connectivity index (χ0v) is 14.6. The van der Waals surface area contributed by atoms with Crippen molar-refractivity contribution in [3.8, 4) is 11.4 Å². The van der Waals surface area contributed by atoms with E-state index in [1.807, 2.05) is 12.1 Å². The highest BCUT2D eigenvalue weighted by molar-refractivity contribution is 7.98. The topological polar surface area (TPSA) is 81.0 Å². The number of benzene rings is 1. The summed E-state index contributed by atoms with van der Waals surface area (Å²) in [5.74, 6) is 1.97. The number of H-pyrrole nitrogens is 1. The van der Waals surface area contributed by atoms with Crippen LogP contribution in [0, 0.1) is 6.92 Å². The summed E-state index contributed by atoms with van der Waals surface area (Å²) in [5, 5.41) is 8.32. The number of carbonyl (C=O) groups is 1. The van der Waals surface area contributed by atoms with Gasteiger partial charge in [-0.25, -0.2) is 9.78 Å². The van der Waals surface area contributed by atoms with E-state index in [0.717, 1.165) is 5.56 Å². The largest absolute Gasteiger partial charge is 0.465 e. The van der Waals surface area contributed by atoms with Crippen LogP contribution in [0.5, 0.6) is 0 Å². The third kappa shape index (κ3) is 3.63. The molecule has 0 aliphatic carbocycles. The molecule has 2 heterocycles. The van der Waals surface area contributed by atoms with Gasteiger partial charge < -0.3 is 9.15 Å². The number of halogens is 1. The second-order valence-corrected chi connectivity index (χ2v) is 6.32. The van der Waals surface area contributed by atoms with E-state index in [-0.39, 0.29) is 0 Å². The minimum Gasteiger partial charge on any atom is -0.465 e. The van der Waals surface area contributed by atoms with Crippen molar-refractivity contribution in [1.29, 1.82) is 0 Å². The standard InChI is InChI=1S/C16H14ClN3O3S/c1-9-13(15(21)22-2)7-12(23-9)8-24-16-18-14(19-20-16)10-3-5-11(17)6-4-10/h3-7H,8H2,1-2H3,(H,18,19,20). The Bertz CT molecular complexity index is 858. The fraction of sp³-hybridized carbons (Fsp3) is 0.188. The predicted molar refractivity (Wildman–Crippen MR) is 91.2 cm³/mol. The Morgan fingerprint density at radius 2 is 2.12 bits per heavy atom. The summed E-state index contributed by atoms with van der Waals surface area (Å²) in [6.45, 7) is 1.73. The fourth-order valence-corrected chi connectivity index (χ4v) is 2.92. The molecular weight excluding hydrogens is 350 g/mol. The van der Waals surface area contributed by atoms with Gasteiger partial charge in [0.05, 0.1) is 12.9 Å². The van der Waals surface area contributed by atoms with E-state index in [9.17, 15) is 4.79 Å². The van der Waals surface area contributed by atoms with Crippen molar-refractivity contribution in [1.82, 2.24) is 15.2 Å². The lowest BCUT2D eigenvalue weighted by Crippen LogP contribution is -2.00. The lowest BCUT2D eigenvalue weighted by molar-refractivity contribution is 0.0599. The Balaban J connectivity index is 1.67. The van der Waals surface area contributed by atoms with Crippen LogP contribution in [-0.2, 0) is 10.5 Å². The first-order valence-corrected chi connectivity index (χ1v) is 8.42. The van der Waals surface area contributed by atoms with Gasteiger partial charge in [0.25, 0.3) is 0 Å². The number of aryl methyl sites for hydroxylation is 1. The zero-order valence-electron chi connectivity index (χ0n) is 13.0. The van der Waals surface area contributed by atoms with Gasteiger partial charge in [0.2, 0.25) is 5.16 Å². The minimum atomic E-state index is -0.407. The molecule has 124 valence electrons. The summed E-state index contributed by atoms with van der Waals surface area (Å²) in [5.41, 5.74) is 1.34. The average molecular weight is 364 g/mol. The van der Waals surface area contributed by atoms with Crippen LogP contribution in [0.1, 0.15) is 21.9 Å². The van der Waals surface area contributed by atoms with Crippen molar-refractivity contribution in [2.24, 2.45) is 0 Å². The number of nitrogens with zero attached hydrogens (tertiary/aromatic N) is 2. The smallest absolute Gasteiger partial charge is 0.341 e. The van der Waals surface area contributed by atoms with E-state index >= 15 is 0 Å². The quantitative estimate of drug-likeness (QED) is 0.542. The molecule has 0 unspecified atom stereocenters. The van der Waals surface area contributed by atoms with Crippen molar-refractivity contribution in [2.45, 2.75) is 17.8 Å². The molecule has 0 spiro atoms. The molecule has 2 aromatic heterocycles. The zero-order chi connectivity index (χ0) is 17.1. The van der Waals surface area contributed by atoms with Crippen LogP contribution >= 0.6 is 23.4 Å². The molecule has 0 amide bonds. The molecule has 8 heteroatoms. The third-order valence-corrected chi connectivity index (χ3v) is 4.42. The average Bonchev–Trinajstić information content (AvgIpc) is 3.19. The number of hydrogen-bond acceptors (Lipinski definition) is 6. The fourth-order valence-electron chi connectivity index (χ4n) is 2.11. The van der Waals surface area contributed by atoms with Crippen LogP contribution in [0.3, 0.4) is 0 Å². The van der Waals surface area contributed by atoms with Crippen molar-refractivity contribution >= 4 is 29.3 Å². The Morgan fingerprint density at radius 3 is 2.83 bits per heavy atom. The highest BCUT2D eigenvalue weighted by Gasteiger charge is 2.16. The van der Waals surface area contributed by atoms with Gasteiger partial charge >= 0.3 is 5.97 Å². The maximum Gasteiger partial charge on any atom is 0.341 e. The van der Waals surface area contributed by atoms with E-state index in [1.165, 1.54) is 18.9 Å². The number of carbonyl (C=O) groups excluding carboxylic acids is 1. The third-order valence-electron chi connectivity index (χ3n) is 3.30. The first-order valence-electron chi connectivity index (χ1n) is 7.05. The Labute approximate surface area is 147 Å². The summed E-state index contributed by atoms with van der Waals surface area (Å²) in [7, 11) is 1.34. The predicted octanol–water partition coefficient (Wildman–Crippen LogP) is 4.11. The van der Waals surface area contributed by atoms with Crippen LogP contribution in [0.15, 0.2) is 39.9 Å². The van der Waals surface area contributed by atoms with E-state index in [4.69, 9.17) is 20.8 Å². The number of furan rings is 1. The number of thioether (sulfide) groups is 1. The van der Waals surface area contributed by atoms with Crippen molar-refractivity contribution in [2.75, 3.05) is 7.11 Å². The molecule has 0 bridgehead atoms. The molecule has 0 saturated carbocycles. The number of methoxy groups -OCH3 is 1. The van der Waals surface area contributed by atoms with Gasteiger partial charge in [0.1, 0.15) is 17.1 Å². The van der Waals surface area contributed by atoms with Gasteiger partial charge in [-0.1, -0.05) is 23.4 Å². The summed E-state index contributed by atoms with van der Waals surface area (Å²) in [6, 6.07) is 9.02. The summed E-state index contributed by atoms with van der Waals surface area (Å²) in [4.78, 5) is 16.0. The van der Waals surface area contributed by atoms with E-state index in [0.29, 0.717) is 38.8 Å². The van der Waals surface area contributed by atoms with Gasteiger partial charge in [0, 0.05) is 10.6 Å². The van der Waals surface area contributed by atoms with Crippen molar-refractivity contribution in [3.05, 3.63) is 52.4 Å². The molecule has 0 fully saturated rings. The minimum absolute atomic E-state index is 0.407. The number of aromatic amines is 1. The number of esters is 1. The monoisotopic (exact) mass is 363 g/mol. The highest BCUT2D eigenvalue weighted by atomic mass is 35.5. The summed E-state index contributed by atoms with van der Waals surface area (Å²) in [6.07, 6.45) is 0. The second-order valence-electron chi connectivity index (χ2n) is 4.94. The van der Waals surface area contributed by atoms with E-state index in [1.54, 1.807) is 25.1 Å². The van der Waals surface area contributed by atoms with Crippen LogP contribution in [0.25, 0.3) is 11.4 Å².